The molecule has 1 rings (SSSR count). The van der Waals surface area contributed by atoms with E-state index in [-0.39, 0.29) is 11.8 Å². The molecule has 100 valence electrons. The molecular weight excluding hydrogens is 230 g/mol. The van der Waals surface area contributed by atoms with Gasteiger partial charge in [-0.15, -0.1) is 0 Å². The maximum absolute atomic E-state index is 11.8. The van der Waals surface area contributed by atoms with Gasteiger partial charge < -0.3 is 15.6 Å². The molecule has 18 heavy (non-hydrogen) atoms. The van der Waals surface area contributed by atoms with Gasteiger partial charge in [0.1, 0.15) is 6.04 Å². The van der Waals surface area contributed by atoms with E-state index < -0.39 is 11.5 Å². The predicted molar refractivity (Wildman–Crippen MR) is 69.7 cm³/mol. The lowest BCUT2D eigenvalue weighted by Gasteiger charge is -2.21. The highest BCUT2D eigenvalue weighted by Crippen LogP contribution is 2.12. The third-order valence-corrected chi connectivity index (χ3v) is 2.55. The van der Waals surface area contributed by atoms with Gasteiger partial charge in [-0.2, -0.15) is 0 Å². The molecule has 0 aliphatic heterocycles. The highest BCUT2D eigenvalue weighted by atomic mass is 16.2. The fourth-order valence-corrected chi connectivity index (χ4v) is 1.29. The Morgan fingerprint density at radius 3 is 2.56 bits per heavy atom. The van der Waals surface area contributed by atoms with E-state index in [9.17, 15) is 9.59 Å². The number of carbonyl (C=O) groups is 2. The molecule has 0 radical (unpaired) electrons. The summed E-state index contributed by atoms with van der Waals surface area (Å²) in [5, 5.41) is 5.46. The molecule has 2 amide bonds. The maximum atomic E-state index is 11.8. The van der Waals surface area contributed by atoms with Gasteiger partial charge in [0, 0.05) is 24.4 Å². The first kappa shape index (κ1) is 14.3. The van der Waals surface area contributed by atoms with Crippen molar-refractivity contribution in [1.29, 1.82) is 0 Å². The van der Waals surface area contributed by atoms with Crippen LogP contribution in [-0.4, -0.2) is 22.8 Å². The van der Waals surface area contributed by atoms with E-state index in [1.54, 1.807) is 13.1 Å². The number of hydrogen-bond acceptors (Lipinski definition) is 2. The van der Waals surface area contributed by atoms with Crippen molar-refractivity contribution in [2.24, 2.45) is 5.41 Å². The molecule has 1 unspecified atom stereocenters. The lowest BCUT2D eigenvalue weighted by Crippen LogP contribution is -2.48. The highest BCUT2D eigenvalue weighted by molar-refractivity contribution is 5.89. The third-order valence-electron chi connectivity index (χ3n) is 2.55. The van der Waals surface area contributed by atoms with E-state index in [4.69, 9.17) is 0 Å². The van der Waals surface area contributed by atoms with Crippen molar-refractivity contribution in [3.8, 4) is 0 Å². The summed E-state index contributed by atoms with van der Waals surface area (Å²) in [6.07, 6.45) is 3.62. The van der Waals surface area contributed by atoms with E-state index in [1.807, 2.05) is 33.0 Å². The van der Waals surface area contributed by atoms with Crippen molar-refractivity contribution < 1.29 is 9.59 Å². The Morgan fingerprint density at radius 1 is 1.39 bits per heavy atom. The van der Waals surface area contributed by atoms with Crippen molar-refractivity contribution in [3.05, 3.63) is 24.0 Å². The van der Waals surface area contributed by atoms with Crippen LogP contribution in [0.2, 0.25) is 0 Å². The van der Waals surface area contributed by atoms with Crippen LogP contribution < -0.4 is 10.6 Å². The second kappa shape index (κ2) is 5.71. The van der Waals surface area contributed by atoms with Crippen molar-refractivity contribution in [2.45, 2.75) is 40.3 Å². The molecule has 5 heteroatoms. The molecule has 0 aromatic carbocycles. The second-order valence-electron chi connectivity index (χ2n) is 5.38. The zero-order valence-electron chi connectivity index (χ0n) is 11.3. The zero-order valence-corrected chi connectivity index (χ0v) is 11.3. The van der Waals surface area contributed by atoms with E-state index >= 15 is 0 Å². The summed E-state index contributed by atoms with van der Waals surface area (Å²) < 4.78 is 0. The summed E-state index contributed by atoms with van der Waals surface area (Å²) in [7, 11) is 0. The monoisotopic (exact) mass is 251 g/mol. The van der Waals surface area contributed by atoms with Crippen molar-refractivity contribution in [1.82, 2.24) is 15.6 Å². The molecule has 0 bridgehead atoms. The quantitative estimate of drug-likeness (QED) is 0.751. The van der Waals surface area contributed by atoms with Gasteiger partial charge in [0.05, 0.1) is 0 Å². The first-order chi connectivity index (χ1) is 8.30. The standard InChI is InChI=1S/C13H21N3O2/c1-9(16-12(18)13(2,3)4)11(17)15-8-10-5-6-14-7-10/h5-7,9,14H,8H2,1-4H3,(H,15,17)(H,16,18). The summed E-state index contributed by atoms with van der Waals surface area (Å²) in [5.74, 6) is -0.319. The van der Waals surface area contributed by atoms with Crippen LogP contribution in [0.25, 0.3) is 0 Å². The lowest BCUT2D eigenvalue weighted by molar-refractivity contribution is -0.133. The first-order valence-corrected chi connectivity index (χ1v) is 6.01. The van der Waals surface area contributed by atoms with Gasteiger partial charge in [-0.1, -0.05) is 20.8 Å². The average Bonchev–Trinajstić information content (AvgIpc) is 2.77. The molecule has 0 spiro atoms. The van der Waals surface area contributed by atoms with Gasteiger partial charge in [-0.05, 0) is 18.6 Å². The minimum absolute atomic E-state index is 0.133. The second-order valence-corrected chi connectivity index (χ2v) is 5.38. The number of carbonyl (C=O) groups excluding carboxylic acids is 2. The van der Waals surface area contributed by atoms with Gasteiger partial charge in [0.2, 0.25) is 11.8 Å². The summed E-state index contributed by atoms with van der Waals surface area (Å²) in [6, 6.07) is 1.36. The molecule has 1 aromatic heterocycles. The number of nitrogens with one attached hydrogen (secondary N) is 3. The van der Waals surface area contributed by atoms with Gasteiger partial charge in [-0.3, -0.25) is 9.59 Å². The van der Waals surface area contributed by atoms with Crippen LogP contribution >= 0.6 is 0 Å². The fraction of sp³-hybridized carbons (Fsp3) is 0.538. The Bertz CT molecular complexity index is 404. The molecule has 5 nitrogen and oxygen atoms in total. The Balaban J connectivity index is 2.40. The number of aromatic amines is 1. The average molecular weight is 251 g/mol. The Labute approximate surface area is 107 Å². The Kier molecular flexibility index (Phi) is 4.53. The molecular formula is C13H21N3O2. The Hall–Kier alpha value is -1.78. The number of hydrogen-bond donors (Lipinski definition) is 3. The minimum atomic E-state index is -0.532. The van der Waals surface area contributed by atoms with Crippen LogP contribution in [0.5, 0.6) is 0 Å². The van der Waals surface area contributed by atoms with Gasteiger partial charge in [0.15, 0.2) is 0 Å². The van der Waals surface area contributed by atoms with Crippen LogP contribution in [0.15, 0.2) is 18.5 Å². The number of amides is 2. The van der Waals surface area contributed by atoms with Gasteiger partial charge in [-0.25, -0.2) is 0 Å². The fourth-order valence-electron chi connectivity index (χ4n) is 1.29. The van der Waals surface area contributed by atoms with Crippen molar-refractivity contribution >= 4 is 11.8 Å². The normalized spacial score (nSPS) is 12.9. The summed E-state index contributed by atoms with van der Waals surface area (Å²) in [5.41, 5.74) is 0.507. The topological polar surface area (TPSA) is 74.0 Å². The first-order valence-electron chi connectivity index (χ1n) is 6.01. The summed E-state index contributed by atoms with van der Waals surface area (Å²) in [6.45, 7) is 7.57. The zero-order chi connectivity index (χ0) is 13.8. The van der Waals surface area contributed by atoms with Crippen LogP contribution in [-0.2, 0) is 16.1 Å². The summed E-state index contributed by atoms with van der Waals surface area (Å²) >= 11 is 0. The number of aromatic nitrogens is 1. The highest BCUT2D eigenvalue weighted by Gasteiger charge is 2.24. The van der Waals surface area contributed by atoms with E-state index in [1.165, 1.54) is 0 Å². The van der Waals surface area contributed by atoms with Crippen LogP contribution in [0, 0.1) is 5.41 Å². The predicted octanol–water partition coefficient (Wildman–Crippen LogP) is 1.18. The third kappa shape index (κ3) is 4.24. The smallest absolute Gasteiger partial charge is 0.242 e. The molecule has 1 heterocycles. The SMILES string of the molecule is CC(NC(=O)C(C)(C)C)C(=O)NCc1cc[nH]c1. The maximum Gasteiger partial charge on any atom is 0.242 e. The number of H-pyrrole nitrogens is 1. The van der Waals surface area contributed by atoms with E-state index in [0.29, 0.717) is 6.54 Å². The Morgan fingerprint density at radius 2 is 2.06 bits per heavy atom. The van der Waals surface area contributed by atoms with Crippen molar-refractivity contribution in [2.75, 3.05) is 0 Å². The summed E-state index contributed by atoms with van der Waals surface area (Å²) in [4.78, 5) is 26.4. The van der Waals surface area contributed by atoms with Crippen LogP contribution in [0.3, 0.4) is 0 Å². The molecule has 0 aliphatic rings. The van der Waals surface area contributed by atoms with Crippen molar-refractivity contribution in [3.63, 3.8) is 0 Å². The largest absolute Gasteiger partial charge is 0.367 e. The number of rotatable bonds is 4. The minimum Gasteiger partial charge on any atom is -0.367 e. The van der Waals surface area contributed by atoms with E-state index in [2.05, 4.69) is 15.6 Å². The molecule has 1 aromatic rings. The molecule has 3 N–H and O–H groups in total. The molecule has 0 aliphatic carbocycles. The molecule has 0 saturated heterocycles. The van der Waals surface area contributed by atoms with E-state index in [0.717, 1.165) is 5.56 Å². The van der Waals surface area contributed by atoms with Gasteiger partial charge >= 0.3 is 0 Å². The van der Waals surface area contributed by atoms with Gasteiger partial charge in [0.25, 0.3) is 0 Å². The lowest BCUT2D eigenvalue weighted by atomic mass is 9.95. The molecule has 0 saturated carbocycles. The molecule has 0 fully saturated rings. The van der Waals surface area contributed by atoms with Crippen LogP contribution in [0.1, 0.15) is 33.3 Å². The molecule has 1 atom stereocenters. The van der Waals surface area contributed by atoms with Crippen LogP contribution in [0.4, 0.5) is 0 Å².